The van der Waals surface area contributed by atoms with E-state index >= 15 is 0 Å². The summed E-state index contributed by atoms with van der Waals surface area (Å²) in [6, 6.07) is 16.5. The van der Waals surface area contributed by atoms with Crippen molar-refractivity contribution in [1.29, 1.82) is 0 Å². The number of halogens is 1. The summed E-state index contributed by atoms with van der Waals surface area (Å²) in [5, 5.41) is 0. The third-order valence-electron chi connectivity index (χ3n) is 2.03. The lowest BCUT2D eigenvalue weighted by Gasteiger charge is -2.09. The Morgan fingerprint density at radius 3 is 2.38 bits per heavy atom. The monoisotopic (exact) mass is 234 g/mol. The van der Waals surface area contributed by atoms with Crippen molar-refractivity contribution in [3.63, 3.8) is 0 Å². The highest BCUT2D eigenvalue weighted by atomic mass is 32.2. The van der Waals surface area contributed by atoms with Crippen LogP contribution in [0.3, 0.4) is 0 Å². The molecule has 0 atom stereocenters. The van der Waals surface area contributed by atoms with E-state index in [1.165, 1.54) is 0 Å². The standard InChI is InChI=1S/C13H11FOS/c14-10-16-13-9-5-4-8-12(13)15-11-6-2-1-3-7-11/h1-9H,10H2. The van der Waals surface area contributed by atoms with E-state index in [9.17, 15) is 4.39 Å². The van der Waals surface area contributed by atoms with Crippen LogP contribution in [0.15, 0.2) is 59.5 Å². The summed E-state index contributed by atoms with van der Waals surface area (Å²) < 4.78 is 18.0. The Balaban J connectivity index is 2.21. The van der Waals surface area contributed by atoms with E-state index in [1.54, 1.807) is 0 Å². The number of hydrogen-bond donors (Lipinski definition) is 0. The molecular weight excluding hydrogens is 223 g/mol. The molecule has 0 aliphatic rings. The minimum Gasteiger partial charge on any atom is -0.456 e. The lowest BCUT2D eigenvalue weighted by atomic mass is 10.3. The van der Waals surface area contributed by atoms with Gasteiger partial charge in [0.1, 0.15) is 17.5 Å². The highest BCUT2D eigenvalue weighted by Gasteiger charge is 2.03. The van der Waals surface area contributed by atoms with E-state index in [0.29, 0.717) is 5.75 Å². The fourth-order valence-corrected chi connectivity index (χ4v) is 1.87. The van der Waals surface area contributed by atoms with Crippen LogP contribution in [0.25, 0.3) is 0 Å². The topological polar surface area (TPSA) is 9.23 Å². The number of para-hydroxylation sites is 2. The maximum absolute atomic E-state index is 12.3. The maximum atomic E-state index is 12.3. The molecule has 0 fully saturated rings. The molecule has 2 rings (SSSR count). The second-order valence-corrected chi connectivity index (χ2v) is 4.06. The number of thioether (sulfide) groups is 1. The fraction of sp³-hybridized carbons (Fsp3) is 0.0769. The van der Waals surface area contributed by atoms with Crippen LogP contribution in [0.4, 0.5) is 4.39 Å². The molecule has 82 valence electrons. The van der Waals surface area contributed by atoms with Crippen molar-refractivity contribution in [2.45, 2.75) is 4.90 Å². The van der Waals surface area contributed by atoms with Crippen LogP contribution < -0.4 is 4.74 Å². The van der Waals surface area contributed by atoms with Gasteiger partial charge in [-0.3, -0.25) is 0 Å². The molecule has 0 radical (unpaired) electrons. The van der Waals surface area contributed by atoms with Crippen molar-refractivity contribution in [2.75, 3.05) is 6.01 Å². The van der Waals surface area contributed by atoms with Crippen LogP contribution in [-0.4, -0.2) is 6.01 Å². The zero-order chi connectivity index (χ0) is 11.2. The summed E-state index contributed by atoms with van der Waals surface area (Å²) in [5.74, 6) is 1.45. The zero-order valence-corrected chi connectivity index (χ0v) is 9.41. The molecule has 2 aromatic carbocycles. The van der Waals surface area contributed by atoms with Crippen molar-refractivity contribution in [3.8, 4) is 11.5 Å². The van der Waals surface area contributed by atoms with E-state index in [1.807, 2.05) is 54.6 Å². The van der Waals surface area contributed by atoms with E-state index in [2.05, 4.69) is 0 Å². The van der Waals surface area contributed by atoms with Gasteiger partial charge >= 0.3 is 0 Å². The predicted octanol–water partition coefficient (Wildman–Crippen LogP) is 4.50. The molecule has 0 heterocycles. The van der Waals surface area contributed by atoms with Crippen molar-refractivity contribution in [2.24, 2.45) is 0 Å². The van der Waals surface area contributed by atoms with Crippen LogP contribution in [0.5, 0.6) is 11.5 Å². The molecule has 0 aliphatic heterocycles. The SMILES string of the molecule is FCSc1ccccc1Oc1ccccc1. The van der Waals surface area contributed by atoms with Crippen LogP contribution in [0, 0.1) is 0 Å². The molecule has 0 unspecified atom stereocenters. The Labute approximate surface area is 98.3 Å². The molecule has 16 heavy (non-hydrogen) atoms. The van der Waals surface area contributed by atoms with Crippen molar-refractivity contribution in [3.05, 3.63) is 54.6 Å². The van der Waals surface area contributed by atoms with Gasteiger partial charge in [0, 0.05) is 0 Å². The number of alkyl halides is 1. The first-order valence-electron chi connectivity index (χ1n) is 4.91. The van der Waals surface area contributed by atoms with Gasteiger partial charge in [-0.1, -0.05) is 42.1 Å². The second-order valence-electron chi connectivity index (χ2n) is 3.12. The quantitative estimate of drug-likeness (QED) is 0.720. The molecule has 0 saturated heterocycles. The molecule has 0 bridgehead atoms. The third-order valence-corrected chi connectivity index (χ3v) is 2.79. The van der Waals surface area contributed by atoms with Gasteiger partial charge in [-0.15, -0.1) is 0 Å². The van der Waals surface area contributed by atoms with E-state index in [-0.39, 0.29) is 0 Å². The van der Waals surface area contributed by atoms with Gasteiger partial charge in [0.25, 0.3) is 0 Å². The Bertz CT molecular complexity index is 445. The highest BCUT2D eigenvalue weighted by Crippen LogP contribution is 2.32. The van der Waals surface area contributed by atoms with E-state index in [0.717, 1.165) is 22.4 Å². The second kappa shape index (κ2) is 5.56. The average molecular weight is 234 g/mol. The van der Waals surface area contributed by atoms with Gasteiger partial charge in [0.2, 0.25) is 0 Å². The van der Waals surface area contributed by atoms with Gasteiger partial charge in [-0.25, -0.2) is 4.39 Å². The first kappa shape index (κ1) is 11.0. The van der Waals surface area contributed by atoms with Gasteiger partial charge in [-0.2, -0.15) is 0 Å². The molecule has 3 heteroatoms. The lowest BCUT2D eigenvalue weighted by Crippen LogP contribution is -1.86. The summed E-state index contributed by atoms with van der Waals surface area (Å²) in [6.07, 6.45) is 0. The minimum absolute atomic E-state index is 0.449. The summed E-state index contributed by atoms with van der Waals surface area (Å²) in [5.41, 5.74) is 0. The fourth-order valence-electron chi connectivity index (χ4n) is 1.33. The zero-order valence-electron chi connectivity index (χ0n) is 8.60. The summed E-state index contributed by atoms with van der Waals surface area (Å²) in [7, 11) is 0. The predicted molar refractivity (Wildman–Crippen MR) is 64.8 cm³/mol. The largest absolute Gasteiger partial charge is 0.456 e. The van der Waals surface area contributed by atoms with E-state index < -0.39 is 6.01 Å². The first-order chi connectivity index (χ1) is 7.90. The molecule has 0 amide bonds. The van der Waals surface area contributed by atoms with Gasteiger partial charge in [-0.05, 0) is 24.3 Å². The molecule has 0 aromatic heterocycles. The van der Waals surface area contributed by atoms with Gasteiger partial charge < -0.3 is 4.74 Å². The van der Waals surface area contributed by atoms with Crippen LogP contribution in [0.2, 0.25) is 0 Å². The minimum atomic E-state index is -0.449. The number of hydrogen-bond acceptors (Lipinski definition) is 2. The molecule has 0 aliphatic carbocycles. The Morgan fingerprint density at radius 1 is 0.938 bits per heavy atom. The molecule has 2 aromatic rings. The average Bonchev–Trinajstić information content (AvgIpc) is 2.33. The van der Waals surface area contributed by atoms with Gasteiger partial charge in [0.15, 0.2) is 0 Å². The Hall–Kier alpha value is -1.48. The van der Waals surface area contributed by atoms with Crippen LogP contribution in [-0.2, 0) is 0 Å². The van der Waals surface area contributed by atoms with Crippen LogP contribution >= 0.6 is 11.8 Å². The molecule has 0 N–H and O–H groups in total. The first-order valence-corrected chi connectivity index (χ1v) is 5.89. The van der Waals surface area contributed by atoms with Gasteiger partial charge in [0.05, 0.1) is 4.90 Å². The van der Waals surface area contributed by atoms with Crippen molar-refractivity contribution < 1.29 is 9.13 Å². The van der Waals surface area contributed by atoms with Crippen molar-refractivity contribution >= 4 is 11.8 Å². The molecule has 0 spiro atoms. The Morgan fingerprint density at radius 2 is 1.62 bits per heavy atom. The highest BCUT2D eigenvalue weighted by molar-refractivity contribution is 7.99. The maximum Gasteiger partial charge on any atom is 0.141 e. The number of rotatable bonds is 4. The lowest BCUT2D eigenvalue weighted by molar-refractivity contribution is 0.470. The van der Waals surface area contributed by atoms with Crippen molar-refractivity contribution in [1.82, 2.24) is 0 Å². The number of benzene rings is 2. The molecule has 1 nitrogen and oxygen atoms in total. The Kier molecular flexibility index (Phi) is 3.83. The third kappa shape index (κ3) is 2.76. The van der Waals surface area contributed by atoms with E-state index in [4.69, 9.17) is 4.74 Å². The number of ether oxygens (including phenoxy) is 1. The molecule has 0 saturated carbocycles. The van der Waals surface area contributed by atoms with Crippen LogP contribution in [0.1, 0.15) is 0 Å². The summed E-state index contributed by atoms with van der Waals surface area (Å²) >= 11 is 1.13. The summed E-state index contributed by atoms with van der Waals surface area (Å²) in [6.45, 7) is 0. The normalized spacial score (nSPS) is 10.1. The molecular formula is C13H11FOS. The smallest absolute Gasteiger partial charge is 0.141 e. The summed E-state index contributed by atoms with van der Waals surface area (Å²) in [4.78, 5) is 0.814.